The molecule has 7 heteroatoms. The van der Waals surface area contributed by atoms with Crippen molar-refractivity contribution in [2.24, 2.45) is 0 Å². The van der Waals surface area contributed by atoms with Crippen LogP contribution >= 0.6 is 0 Å². The van der Waals surface area contributed by atoms with Crippen LogP contribution in [0.25, 0.3) is 0 Å². The van der Waals surface area contributed by atoms with Crippen LogP contribution in [0.15, 0.2) is 59.5 Å². The summed E-state index contributed by atoms with van der Waals surface area (Å²) >= 11 is 0. The molecule has 2 saturated heterocycles. The van der Waals surface area contributed by atoms with Gasteiger partial charge in [0, 0.05) is 25.2 Å². The Morgan fingerprint density at radius 1 is 1.00 bits per heavy atom. The number of fused-ring (bicyclic) bond motifs is 2. The lowest BCUT2D eigenvalue weighted by Crippen LogP contribution is -2.48. The molecule has 2 heterocycles. The highest BCUT2D eigenvalue weighted by Gasteiger charge is 2.35. The van der Waals surface area contributed by atoms with Gasteiger partial charge in [-0.15, -0.1) is 0 Å². The first-order valence-corrected chi connectivity index (χ1v) is 11.1. The summed E-state index contributed by atoms with van der Waals surface area (Å²) in [6.45, 7) is 0. The number of rotatable bonds is 5. The summed E-state index contributed by atoms with van der Waals surface area (Å²) in [5.74, 6) is -0.327. The number of hydrogen-bond donors (Lipinski definition) is 2. The van der Waals surface area contributed by atoms with Crippen LogP contribution in [0.5, 0.6) is 0 Å². The van der Waals surface area contributed by atoms with Crippen LogP contribution in [0, 0.1) is 0 Å². The molecule has 0 aromatic heterocycles. The number of carbonyl (C=O) groups is 1. The van der Waals surface area contributed by atoms with Crippen LogP contribution in [0.2, 0.25) is 0 Å². The highest BCUT2D eigenvalue weighted by atomic mass is 32.2. The molecule has 0 saturated carbocycles. The lowest BCUT2D eigenvalue weighted by molar-refractivity contribution is 0.0920. The molecule has 2 N–H and O–H groups in total. The molecule has 2 bridgehead atoms. The molecule has 2 aromatic rings. The monoisotopic (exact) mass is 399 g/mol. The van der Waals surface area contributed by atoms with E-state index in [1.165, 1.54) is 17.4 Å². The molecule has 2 aliphatic heterocycles. The van der Waals surface area contributed by atoms with Gasteiger partial charge in [0.2, 0.25) is 0 Å². The number of carbonyl (C=O) groups excluding carboxylic acids is 1. The summed E-state index contributed by atoms with van der Waals surface area (Å²) in [5, 5.41) is 6.61. The molecule has 0 radical (unpaired) electrons. The molecule has 1 amide bonds. The van der Waals surface area contributed by atoms with Crippen molar-refractivity contribution in [1.82, 2.24) is 10.6 Å². The maximum absolute atomic E-state index is 13.2. The Kier molecular flexibility index (Phi) is 5.12. The third-order valence-corrected chi connectivity index (χ3v) is 7.54. The second-order valence-corrected chi connectivity index (χ2v) is 9.52. The SMILES string of the molecule is CN(c1ccccc1)S(=O)(=O)c1ccccc1C(=O)NC1CC2CCC(C1)N2. The van der Waals surface area contributed by atoms with E-state index in [2.05, 4.69) is 10.6 Å². The van der Waals surface area contributed by atoms with Crippen molar-refractivity contribution in [3.05, 3.63) is 60.2 Å². The van der Waals surface area contributed by atoms with Crippen LogP contribution in [-0.2, 0) is 10.0 Å². The van der Waals surface area contributed by atoms with Gasteiger partial charge in [0.1, 0.15) is 4.90 Å². The predicted molar refractivity (Wildman–Crippen MR) is 109 cm³/mol. The van der Waals surface area contributed by atoms with Crippen LogP contribution in [0.1, 0.15) is 36.0 Å². The Morgan fingerprint density at radius 3 is 2.29 bits per heavy atom. The first-order valence-electron chi connectivity index (χ1n) is 9.65. The average molecular weight is 400 g/mol. The van der Waals surface area contributed by atoms with Crippen molar-refractivity contribution >= 4 is 21.6 Å². The molecule has 2 atom stereocenters. The fraction of sp³-hybridized carbons (Fsp3) is 0.381. The second kappa shape index (κ2) is 7.56. The van der Waals surface area contributed by atoms with Gasteiger partial charge in [-0.05, 0) is 49.9 Å². The Labute approximate surface area is 166 Å². The van der Waals surface area contributed by atoms with Gasteiger partial charge in [-0.2, -0.15) is 0 Å². The van der Waals surface area contributed by atoms with Crippen molar-refractivity contribution in [3.63, 3.8) is 0 Å². The van der Waals surface area contributed by atoms with Gasteiger partial charge < -0.3 is 10.6 Å². The quantitative estimate of drug-likeness (QED) is 0.810. The number of amides is 1. The van der Waals surface area contributed by atoms with Gasteiger partial charge in [-0.25, -0.2) is 8.42 Å². The number of para-hydroxylation sites is 1. The van der Waals surface area contributed by atoms with Gasteiger partial charge in [0.25, 0.3) is 15.9 Å². The van der Waals surface area contributed by atoms with E-state index in [9.17, 15) is 13.2 Å². The van der Waals surface area contributed by atoms with E-state index in [0.717, 1.165) is 25.7 Å². The van der Waals surface area contributed by atoms with E-state index in [0.29, 0.717) is 17.8 Å². The molecule has 2 aromatic carbocycles. The fourth-order valence-electron chi connectivity index (χ4n) is 4.24. The van der Waals surface area contributed by atoms with E-state index in [1.54, 1.807) is 42.5 Å². The lowest BCUT2D eigenvalue weighted by Gasteiger charge is -2.30. The number of anilines is 1. The summed E-state index contributed by atoms with van der Waals surface area (Å²) in [6, 6.07) is 16.3. The lowest BCUT2D eigenvalue weighted by atomic mass is 9.99. The predicted octanol–water partition coefficient (Wildman–Crippen LogP) is 2.52. The zero-order valence-electron chi connectivity index (χ0n) is 15.8. The molecular formula is C21H25N3O3S. The van der Waals surface area contributed by atoms with E-state index in [-0.39, 0.29) is 22.4 Å². The molecule has 2 aliphatic rings. The minimum atomic E-state index is -3.86. The fourth-order valence-corrected chi connectivity index (χ4v) is 5.63. The van der Waals surface area contributed by atoms with Crippen molar-refractivity contribution in [2.75, 3.05) is 11.4 Å². The van der Waals surface area contributed by atoms with Crippen LogP contribution in [-0.4, -0.2) is 39.5 Å². The van der Waals surface area contributed by atoms with E-state index >= 15 is 0 Å². The van der Waals surface area contributed by atoms with Gasteiger partial charge >= 0.3 is 0 Å². The highest BCUT2D eigenvalue weighted by Crippen LogP contribution is 2.28. The average Bonchev–Trinajstić information content (AvgIpc) is 3.06. The summed E-state index contributed by atoms with van der Waals surface area (Å²) in [7, 11) is -2.35. The van der Waals surface area contributed by atoms with Gasteiger partial charge in [-0.3, -0.25) is 9.10 Å². The van der Waals surface area contributed by atoms with E-state index in [1.807, 2.05) is 6.07 Å². The zero-order valence-corrected chi connectivity index (χ0v) is 16.7. The number of nitrogens with zero attached hydrogens (tertiary/aromatic N) is 1. The Hall–Kier alpha value is -2.38. The minimum Gasteiger partial charge on any atom is -0.349 e. The molecule has 2 unspecified atom stereocenters. The number of hydrogen-bond acceptors (Lipinski definition) is 4. The van der Waals surface area contributed by atoms with Crippen molar-refractivity contribution in [1.29, 1.82) is 0 Å². The Morgan fingerprint density at radius 2 is 1.61 bits per heavy atom. The normalized spacial score (nSPS) is 24.0. The largest absolute Gasteiger partial charge is 0.349 e. The highest BCUT2D eigenvalue weighted by molar-refractivity contribution is 7.92. The molecule has 0 aliphatic carbocycles. The van der Waals surface area contributed by atoms with Crippen molar-refractivity contribution in [2.45, 2.75) is 48.7 Å². The molecule has 4 rings (SSSR count). The van der Waals surface area contributed by atoms with E-state index < -0.39 is 10.0 Å². The van der Waals surface area contributed by atoms with E-state index in [4.69, 9.17) is 0 Å². The van der Waals surface area contributed by atoms with Crippen molar-refractivity contribution in [3.8, 4) is 0 Å². The second-order valence-electron chi connectivity index (χ2n) is 7.58. The summed E-state index contributed by atoms with van der Waals surface area (Å²) < 4.78 is 27.6. The summed E-state index contributed by atoms with van der Waals surface area (Å²) in [5.41, 5.74) is 0.740. The maximum Gasteiger partial charge on any atom is 0.264 e. The van der Waals surface area contributed by atoms with Gasteiger partial charge in [0.05, 0.1) is 11.3 Å². The zero-order chi connectivity index (χ0) is 19.7. The summed E-state index contributed by atoms with van der Waals surface area (Å²) in [4.78, 5) is 13.0. The van der Waals surface area contributed by atoms with Crippen LogP contribution < -0.4 is 14.9 Å². The molecular weight excluding hydrogens is 374 g/mol. The number of benzene rings is 2. The van der Waals surface area contributed by atoms with Crippen LogP contribution in [0.4, 0.5) is 5.69 Å². The van der Waals surface area contributed by atoms with Gasteiger partial charge in [0.15, 0.2) is 0 Å². The standard InChI is InChI=1S/C21H25N3O3S/c1-24(18-7-3-2-4-8-18)28(26,27)20-10-6-5-9-19(20)21(25)23-17-13-15-11-12-16(14-17)22-15/h2-10,15-17,22H,11-14H2,1H3,(H,23,25). The topological polar surface area (TPSA) is 78.5 Å². The third-order valence-electron chi connectivity index (χ3n) is 5.70. The third kappa shape index (κ3) is 3.64. The molecule has 28 heavy (non-hydrogen) atoms. The number of nitrogens with one attached hydrogen (secondary N) is 2. The smallest absolute Gasteiger partial charge is 0.264 e. The molecule has 2 fully saturated rings. The molecule has 6 nitrogen and oxygen atoms in total. The first kappa shape index (κ1) is 19.0. The Bertz CT molecular complexity index is 950. The molecule has 0 spiro atoms. The molecule has 148 valence electrons. The maximum atomic E-state index is 13.2. The summed E-state index contributed by atoms with van der Waals surface area (Å²) in [6.07, 6.45) is 4.07. The minimum absolute atomic E-state index is 0.0239. The Balaban J connectivity index is 1.58. The van der Waals surface area contributed by atoms with Gasteiger partial charge in [-0.1, -0.05) is 30.3 Å². The first-order chi connectivity index (χ1) is 13.4. The van der Waals surface area contributed by atoms with Crippen LogP contribution in [0.3, 0.4) is 0 Å². The number of piperidine rings is 1. The number of sulfonamides is 1. The van der Waals surface area contributed by atoms with Crippen molar-refractivity contribution < 1.29 is 13.2 Å².